The van der Waals surface area contributed by atoms with Gasteiger partial charge >= 0.3 is 0 Å². The smallest absolute Gasteiger partial charge is 0.143 e. The van der Waals surface area contributed by atoms with Crippen LogP contribution >= 0.6 is 11.6 Å². The van der Waals surface area contributed by atoms with E-state index in [0.29, 0.717) is 22.9 Å². The fourth-order valence-corrected chi connectivity index (χ4v) is 1.36. The van der Waals surface area contributed by atoms with Gasteiger partial charge in [-0.15, -0.1) is 0 Å². The van der Waals surface area contributed by atoms with Gasteiger partial charge in [0, 0.05) is 12.7 Å². The molecule has 1 unspecified atom stereocenters. The monoisotopic (exact) mass is 230 g/mol. The van der Waals surface area contributed by atoms with E-state index in [4.69, 9.17) is 26.2 Å². The molecule has 1 N–H and O–H groups in total. The first-order valence-corrected chi connectivity index (χ1v) is 5.10. The maximum absolute atomic E-state index is 9.10. The zero-order valence-electron chi connectivity index (χ0n) is 8.87. The van der Waals surface area contributed by atoms with Crippen LogP contribution in [-0.4, -0.2) is 24.9 Å². The number of aliphatic hydroxyl groups excluding tert-OH is 1. The summed E-state index contributed by atoms with van der Waals surface area (Å²) in [5.74, 6) is 0.533. The Hall–Kier alpha value is -0.770. The summed E-state index contributed by atoms with van der Waals surface area (Å²) in [4.78, 5) is 0. The number of benzene rings is 1. The standard InChI is InChI=1S/C11H15ClO3/c1-8(14-2)7-15-11-9(6-13)4-3-5-10(11)12/h3-5,8,13H,6-7H2,1-2H3. The second-order valence-corrected chi connectivity index (χ2v) is 3.65. The summed E-state index contributed by atoms with van der Waals surface area (Å²) in [5, 5.41) is 9.60. The highest BCUT2D eigenvalue weighted by atomic mass is 35.5. The molecule has 0 heterocycles. The van der Waals surface area contributed by atoms with Crippen LogP contribution in [0.2, 0.25) is 5.02 Å². The summed E-state index contributed by atoms with van der Waals surface area (Å²) >= 11 is 5.96. The predicted octanol–water partition coefficient (Wildman–Crippen LogP) is 2.25. The molecule has 0 amide bonds. The molecular weight excluding hydrogens is 216 g/mol. The van der Waals surface area contributed by atoms with Gasteiger partial charge in [0.05, 0.1) is 17.7 Å². The highest BCUT2D eigenvalue weighted by Gasteiger charge is 2.09. The Labute approximate surface area is 94.6 Å². The lowest BCUT2D eigenvalue weighted by Gasteiger charge is -2.14. The van der Waals surface area contributed by atoms with Crippen molar-refractivity contribution < 1.29 is 14.6 Å². The average molecular weight is 231 g/mol. The Kier molecular flexibility index (Phi) is 4.88. The summed E-state index contributed by atoms with van der Waals surface area (Å²) in [6.45, 7) is 2.22. The molecule has 84 valence electrons. The maximum atomic E-state index is 9.10. The van der Waals surface area contributed by atoms with E-state index < -0.39 is 0 Å². The first-order chi connectivity index (χ1) is 7.19. The van der Waals surface area contributed by atoms with E-state index in [-0.39, 0.29) is 12.7 Å². The molecule has 0 radical (unpaired) electrons. The molecule has 0 spiro atoms. The van der Waals surface area contributed by atoms with Crippen LogP contribution in [0, 0.1) is 0 Å². The molecule has 1 atom stereocenters. The van der Waals surface area contributed by atoms with E-state index in [1.54, 1.807) is 25.3 Å². The Morgan fingerprint density at radius 3 is 2.80 bits per heavy atom. The molecule has 0 aliphatic carbocycles. The lowest BCUT2D eigenvalue weighted by atomic mass is 10.2. The maximum Gasteiger partial charge on any atom is 0.143 e. The summed E-state index contributed by atoms with van der Waals surface area (Å²) < 4.78 is 10.5. The molecule has 15 heavy (non-hydrogen) atoms. The fraction of sp³-hybridized carbons (Fsp3) is 0.455. The average Bonchev–Trinajstić information content (AvgIpc) is 2.26. The summed E-state index contributed by atoms with van der Waals surface area (Å²) in [6, 6.07) is 5.28. The van der Waals surface area contributed by atoms with Crippen LogP contribution in [0.15, 0.2) is 18.2 Å². The molecule has 0 saturated carbocycles. The van der Waals surface area contributed by atoms with Crippen LogP contribution in [0.25, 0.3) is 0 Å². The van der Waals surface area contributed by atoms with Crippen LogP contribution in [0.3, 0.4) is 0 Å². The van der Waals surface area contributed by atoms with Crippen molar-refractivity contribution in [2.24, 2.45) is 0 Å². The van der Waals surface area contributed by atoms with Crippen LogP contribution in [0.5, 0.6) is 5.75 Å². The minimum atomic E-state index is -0.0861. The third-order valence-electron chi connectivity index (χ3n) is 2.08. The molecule has 4 heteroatoms. The Balaban J connectivity index is 2.74. The SMILES string of the molecule is COC(C)COc1c(Cl)cccc1CO. The molecule has 0 saturated heterocycles. The first kappa shape index (κ1) is 12.3. The van der Waals surface area contributed by atoms with E-state index in [1.165, 1.54) is 0 Å². The second kappa shape index (κ2) is 5.95. The molecule has 0 aliphatic rings. The van der Waals surface area contributed by atoms with Crippen molar-refractivity contribution in [2.45, 2.75) is 19.6 Å². The van der Waals surface area contributed by atoms with Crippen LogP contribution in [0.1, 0.15) is 12.5 Å². The summed E-state index contributed by atoms with van der Waals surface area (Å²) in [6.07, 6.45) is -0.00665. The highest BCUT2D eigenvalue weighted by molar-refractivity contribution is 6.32. The third kappa shape index (κ3) is 3.38. The number of para-hydroxylation sites is 1. The molecule has 0 bridgehead atoms. The van der Waals surface area contributed by atoms with Crippen LogP contribution in [-0.2, 0) is 11.3 Å². The molecule has 0 aromatic heterocycles. The van der Waals surface area contributed by atoms with E-state index in [1.807, 2.05) is 6.92 Å². The van der Waals surface area contributed by atoms with Gasteiger partial charge in [0.25, 0.3) is 0 Å². The normalized spacial score (nSPS) is 12.5. The van der Waals surface area contributed by atoms with Gasteiger partial charge in [0.2, 0.25) is 0 Å². The lowest BCUT2D eigenvalue weighted by molar-refractivity contribution is 0.0708. The Bertz CT molecular complexity index is 315. The topological polar surface area (TPSA) is 38.7 Å². The van der Waals surface area contributed by atoms with Gasteiger partial charge in [-0.05, 0) is 13.0 Å². The quantitative estimate of drug-likeness (QED) is 0.843. The van der Waals surface area contributed by atoms with Gasteiger partial charge in [-0.1, -0.05) is 23.7 Å². The number of hydrogen-bond acceptors (Lipinski definition) is 3. The van der Waals surface area contributed by atoms with E-state index >= 15 is 0 Å². The van der Waals surface area contributed by atoms with Gasteiger partial charge in [-0.3, -0.25) is 0 Å². The zero-order valence-corrected chi connectivity index (χ0v) is 9.62. The molecule has 0 aliphatic heterocycles. The largest absolute Gasteiger partial charge is 0.489 e. The zero-order chi connectivity index (χ0) is 11.3. The van der Waals surface area contributed by atoms with Gasteiger partial charge < -0.3 is 14.6 Å². The van der Waals surface area contributed by atoms with Gasteiger partial charge in [0.1, 0.15) is 12.4 Å². The molecule has 1 rings (SSSR count). The van der Waals surface area contributed by atoms with Crippen molar-refractivity contribution in [3.8, 4) is 5.75 Å². The number of ether oxygens (including phenoxy) is 2. The molecule has 0 fully saturated rings. The van der Waals surface area contributed by atoms with Gasteiger partial charge in [-0.2, -0.15) is 0 Å². The van der Waals surface area contributed by atoms with Gasteiger partial charge in [-0.25, -0.2) is 0 Å². The molecular formula is C11H15ClO3. The second-order valence-electron chi connectivity index (χ2n) is 3.24. The predicted molar refractivity (Wildman–Crippen MR) is 59.3 cm³/mol. The van der Waals surface area contributed by atoms with Crippen molar-refractivity contribution >= 4 is 11.6 Å². The van der Waals surface area contributed by atoms with Crippen LogP contribution < -0.4 is 4.74 Å². The number of aliphatic hydroxyl groups is 1. The van der Waals surface area contributed by atoms with Crippen LogP contribution in [0.4, 0.5) is 0 Å². The Morgan fingerprint density at radius 1 is 1.47 bits per heavy atom. The van der Waals surface area contributed by atoms with Crippen molar-refractivity contribution in [3.63, 3.8) is 0 Å². The minimum absolute atomic E-state index is 0.00665. The third-order valence-corrected chi connectivity index (χ3v) is 2.38. The lowest BCUT2D eigenvalue weighted by Crippen LogP contribution is -2.16. The van der Waals surface area contributed by atoms with E-state index in [2.05, 4.69) is 0 Å². The van der Waals surface area contributed by atoms with Crippen molar-refractivity contribution in [1.82, 2.24) is 0 Å². The summed E-state index contributed by atoms with van der Waals surface area (Å²) in [5.41, 5.74) is 0.686. The summed E-state index contributed by atoms with van der Waals surface area (Å²) in [7, 11) is 1.62. The van der Waals surface area contributed by atoms with E-state index in [0.717, 1.165) is 0 Å². The molecule has 1 aromatic carbocycles. The number of rotatable bonds is 5. The van der Waals surface area contributed by atoms with Crippen molar-refractivity contribution in [1.29, 1.82) is 0 Å². The van der Waals surface area contributed by atoms with E-state index in [9.17, 15) is 0 Å². The van der Waals surface area contributed by atoms with Crippen molar-refractivity contribution in [2.75, 3.05) is 13.7 Å². The first-order valence-electron chi connectivity index (χ1n) is 4.73. The highest BCUT2D eigenvalue weighted by Crippen LogP contribution is 2.28. The minimum Gasteiger partial charge on any atom is -0.489 e. The number of methoxy groups -OCH3 is 1. The Morgan fingerprint density at radius 2 is 2.20 bits per heavy atom. The fourth-order valence-electron chi connectivity index (χ4n) is 1.11. The number of halogens is 1. The molecule has 3 nitrogen and oxygen atoms in total. The number of hydrogen-bond donors (Lipinski definition) is 1. The molecule has 1 aromatic rings. The van der Waals surface area contributed by atoms with Gasteiger partial charge in [0.15, 0.2) is 0 Å². The van der Waals surface area contributed by atoms with Crippen molar-refractivity contribution in [3.05, 3.63) is 28.8 Å².